The standard InChI is InChI=1S/C17H22N4O2S/c1-4-12(3)18-14(22)9-10-15-20-21-17(24-15)16(23)19-13-7-5-11(2)6-8-13/h5-8,12H,4,9-10H2,1-3H3,(H,18,22)(H,19,23)/t12-/m1/s1. The van der Waals surface area contributed by atoms with Gasteiger partial charge in [-0.3, -0.25) is 9.59 Å². The first-order valence-electron chi connectivity index (χ1n) is 7.97. The van der Waals surface area contributed by atoms with E-state index in [1.807, 2.05) is 45.0 Å². The van der Waals surface area contributed by atoms with Crippen LogP contribution in [0.2, 0.25) is 0 Å². The molecule has 0 aliphatic carbocycles. The third-order valence-electron chi connectivity index (χ3n) is 3.56. The summed E-state index contributed by atoms with van der Waals surface area (Å²) >= 11 is 1.22. The number of aryl methyl sites for hydroxylation is 2. The summed E-state index contributed by atoms with van der Waals surface area (Å²) in [5.41, 5.74) is 1.84. The van der Waals surface area contributed by atoms with E-state index in [4.69, 9.17) is 0 Å². The third-order valence-corrected chi connectivity index (χ3v) is 4.54. The van der Waals surface area contributed by atoms with Crippen LogP contribution in [0.1, 0.15) is 47.1 Å². The zero-order chi connectivity index (χ0) is 17.5. The first kappa shape index (κ1) is 18.1. The molecular weight excluding hydrogens is 324 g/mol. The van der Waals surface area contributed by atoms with Gasteiger partial charge in [-0.05, 0) is 32.4 Å². The van der Waals surface area contributed by atoms with Gasteiger partial charge in [-0.25, -0.2) is 0 Å². The largest absolute Gasteiger partial charge is 0.354 e. The highest BCUT2D eigenvalue weighted by Gasteiger charge is 2.14. The number of hydrogen-bond acceptors (Lipinski definition) is 5. The van der Waals surface area contributed by atoms with Crippen molar-refractivity contribution in [1.82, 2.24) is 15.5 Å². The zero-order valence-corrected chi connectivity index (χ0v) is 14.9. The van der Waals surface area contributed by atoms with Crippen LogP contribution in [-0.4, -0.2) is 28.1 Å². The summed E-state index contributed by atoms with van der Waals surface area (Å²) in [7, 11) is 0. The van der Waals surface area contributed by atoms with Crippen LogP contribution in [0.5, 0.6) is 0 Å². The second kappa shape index (κ2) is 8.54. The average Bonchev–Trinajstić information content (AvgIpc) is 3.04. The van der Waals surface area contributed by atoms with Gasteiger partial charge in [0.1, 0.15) is 5.01 Å². The SMILES string of the molecule is CC[C@@H](C)NC(=O)CCc1nnc(C(=O)Nc2ccc(C)cc2)s1. The molecule has 1 heterocycles. The van der Waals surface area contributed by atoms with Gasteiger partial charge in [-0.1, -0.05) is 36.0 Å². The summed E-state index contributed by atoms with van der Waals surface area (Å²) in [4.78, 5) is 23.9. The molecule has 1 aromatic heterocycles. The molecule has 0 aliphatic rings. The fourth-order valence-electron chi connectivity index (χ4n) is 1.94. The Labute approximate surface area is 145 Å². The topological polar surface area (TPSA) is 84.0 Å². The first-order chi connectivity index (χ1) is 11.5. The molecule has 2 amide bonds. The molecule has 2 N–H and O–H groups in total. The molecule has 128 valence electrons. The van der Waals surface area contributed by atoms with E-state index < -0.39 is 0 Å². The molecule has 0 saturated heterocycles. The Hall–Kier alpha value is -2.28. The van der Waals surface area contributed by atoms with Gasteiger partial charge in [-0.2, -0.15) is 0 Å². The average molecular weight is 346 g/mol. The highest BCUT2D eigenvalue weighted by molar-refractivity contribution is 7.13. The molecule has 0 radical (unpaired) electrons. The number of carbonyl (C=O) groups excluding carboxylic acids is 2. The second-order valence-electron chi connectivity index (χ2n) is 5.70. The van der Waals surface area contributed by atoms with E-state index in [0.29, 0.717) is 22.9 Å². The summed E-state index contributed by atoms with van der Waals surface area (Å²) in [5, 5.41) is 14.6. The van der Waals surface area contributed by atoms with E-state index in [2.05, 4.69) is 20.8 Å². The van der Waals surface area contributed by atoms with E-state index in [1.54, 1.807) is 0 Å². The summed E-state index contributed by atoms with van der Waals surface area (Å²) in [6.45, 7) is 5.98. The number of amides is 2. The van der Waals surface area contributed by atoms with Crippen LogP contribution in [0.15, 0.2) is 24.3 Å². The molecule has 0 aliphatic heterocycles. The van der Waals surface area contributed by atoms with Gasteiger partial charge in [-0.15, -0.1) is 10.2 Å². The molecule has 0 saturated carbocycles. The molecule has 0 bridgehead atoms. The van der Waals surface area contributed by atoms with Crippen LogP contribution in [0.3, 0.4) is 0 Å². The maximum atomic E-state index is 12.2. The molecule has 0 fully saturated rings. The zero-order valence-electron chi connectivity index (χ0n) is 14.1. The Bertz CT molecular complexity index is 697. The van der Waals surface area contributed by atoms with Crippen LogP contribution < -0.4 is 10.6 Å². The quantitative estimate of drug-likeness (QED) is 0.807. The van der Waals surface area contributed by atoms with E-state index in [0.717, 1.165) is 17.7 Å². The number of aromatic nitrogens is 2. The number of nitrogens with zero attached hydrogens (tertiary/aromatic N) is 2. The van der Waals surface area contributed by atoms with Crippen molar-refractivity contribution in [3.63, 3.8) is 0 Å². The predicted molar refractivity (Wildman–Crippen MR) is 95.3 cm³/mol. The molecule has 2 rings (SSSR count). The van der Waals surface area contributed by atoms with Gasteiger partial charge in [0.2, 0.25) is 10.9 Å². The molecule has 1 atom stereocenters. The molecule has 2 aromatic rings. The monoisotopic (exact) mass is 346 g/mol. The first-order valence-corrected chi connectivity index (χ1v) is 8.79. The Morgan fingerprint density at radius 1 is 1.21 bits per heavy atom. The Balaban J connectivity index is 1.86. The molecule has 6 nitrogen and oxygen atoms in total. The lowest BCUT2D eigenvalue weighted by Gasteiger charge is -2.10. The Morgan fingerprint density at radius 3 is 2.58 bits per heavy atom. The minimum Gasteiger partial charge on any atom is -0.354 e. The van der Waals surface area contributed by atoms with Gasteiger partial charge >= 0.3 is 0 Å². The maximum Gasteiger partial charge on any atom is 0.286 e. The number of rotatable bonds is 7. The van der Waals surface area contributed by atoms with Crippen molar-refractivity contribution in [2.45, 2.75) is 46.1 Å². The van der Waals surface area contributed by atoms with Gasteiger partial charge in [0.05, 0.1) is 0 Å². The summed E-state index contributed by atoms with van der Waals surface area (Å²) in [5.74, 6) is -0.295. The van der Waals surface area contributed by atoms with E-state index in [-0.39, 0.29) is 17.9 Å². The van der Waals surface area contributed by atoms with Crippen molar-refractivity contribution in [1.29, 1.82) is 0 Å². The molecule has 0 spiro atoms. The van der Waals surface area contributed by atoms with Gasteiger partial charge in [0.15, 0.2) is 0 Å². The van der Waals surface area contributed by atoms with Crippen LogP contribution in [-0.2, 0) is 11.2 Å². The van der Waals surface area contributed by atoms with Gasteiger partial charge in [0, 0.05) is 24.6 Å². The fraction of sp³-hybridized carbons (Fsp3) is 0.412. The number of hydrogen-bond donors (Lipinski definition) is 2. The minimum absolute atomic E-state index is 0.00907. The van der Waals surface area contributed by atoms with Crippen molar-refractivity contribution in [3.05, 3.63) is 39.8 Å². The van der Waals surface area contributed by atoms with Crippen LogP contribution in [0.25, 0.3) is 0 Å². The lowest BCUT2D eigenvalue weighted by atomic mass is 10.2. The number of carbonyl (C=O) groups is 2. The molecule has 7 heteroatoms. The highest BCUT2D eigenvalue weighted by atomic mass is 32.1. The maximum absolute atomic E-state index is 12.2. The summed E-state index contributed by atoms with van der Waals surface area (Å²) in [6.07, 6.45) is 1.73. The van der Waals surface area contributed by atoms with Crippen molar-refractivity contribution in [2.75, 3.05) is 5.32 Å². The smallest absolute Gasteiger partial charge is 0.286 e. The normalized spacial score (nSPS) is 11.8. The lowest BCUT2D eigenvalue weighted by Crippen LogP contribution is -2.31. The second-order valence-corrected chi connectivity index (χ2v) is 6.76. The van der Waals surface area contributed by atoms with Crippen molar-refractivity contribution in [3.8, 4) is 0 Å². The van der Waals surface area contributed by atoms with Crippen LogP contribution in [0, 0.1) is 6.92 Å². The van der Waals surface area contributed by atoms with Crippen molar-refractivity contribution in [2.24, 2.45) is 0 Å². The summed E-state index contributed by atoms with van der Waals surface area (Å²) < 4.78 is 0. The molecule has 0 unspecified atom stereocenters. The van der Waals surface area contributed by atoms with Gasteiger partial charge < -0.3 is 10.6 Å². The molecular formula is C17H22N4O2S. The lowest BCUT2D eigenvalue weighted by molar-refractivity contribution is -0.121. The van der Waals surface area contributed by atoms with E-state index in [9.17, 15) is 9.59 Å². The minimum atomic E-state index is -0.286. The van der Waals surface area contributed by atoms with E-state index >= 15 is 0 Å². The summed E-state index contributed by atoms with van der Waals surface area (Å²) in [6, 6.07) is 7.71. The molecule has 1 aromatic carbocycles. The van der Waals surface area contributed by atoms with E-state index in [1.165, 1.54) is 11.3 Å². The Kier molecular flexibility index (Phi) is 6.43. The fourth-order valence-corrected chi connectivity index (χ4v) is 2.67. The third kappa shape index (κ3) is 5.42. The number of anilines is 1. The van der Waals surface area contributed by atoms with Crippen molar-refractivity contribution < 1.29 is 9.59 Å². The predicted octanol–water partition coefficient (Wildman–Crippen LogP) is 2.95. The highest BCUT2D eigenvalue weighted by Crippen LogP contribution is 2.15. The molecule has 24 heavy (non-hydrogen) atoms. The van der Waals surface area contributed by atoms with Crippen LogP contribution in [0.4, 0.5) is 5.69 Å². The van der Waals surface area contributed by atoms with Crippen LogP contribution >= 0.6 is 11.3 Å². The number of nitrogens with one attached hydrogen (secondary N) is 2. The Morgan fingerprint density at radius 2 is 1.92 bits per heavy atom. The van der Waals surface area contributed by atoms with Crippen molar-refractivity contribution >= 4 is 28.8 Å². The van der Waals surface area contributed by atoms with Gasteiger partial charge in [0.25, 0.3) is 5.91 Å². The number of benzene rings is 1.